The lowest BCUT2D eigenvalue weighted by Crippen LogP contribution is -2.58. The molecule has 3 nitrogen and oxygen atoms in total. The normalized spacial score (nSPS) is 39.7. The largest absolute Gasteiger partial charge is 0.384 e. The number of rotatable bonds is 4. The van der Waals surface area contributed by atoms with Crippen molar-refractivity contribution in [1.82, 2.24) is 4.90 Å². The Bertz CT molecular complexity index is 244. The average molecular weight is 240 g/mol. The van der Waals surface area contributed by atoms with Gasteiger partial charge in [0.2, 0.25) is 0 Å². The van der Waals surface area contributed by atoms with Crippen molar-refractivity contribution in [3.8, 4) is 0 Å². The van der Waals surface area contributed by atoms with Gasteiger partial charge in [-0.3, -0.25) is 4.90 Å². The second-order valence-electron chi connectivity index (χ2n) is 6.01. The third kappa shape index (κ3) is 2.51. The number of methoxy groups -OCH3 is 1. The zero-order valence-corrected chi connectivity index (χ0v) is 11.5. The Morgan fingerprint density at radius 3 is 2.76 bits per heavy atom. The molecule has 2 N–H and O–H groups in total. The fourth-order valence-corrected chi connectivity index (χ4v) is 3.97. The van der Waals surface area contributed by atoms with E-state index in [1.54, 1.807) is 0 Å². The van der Waals surface area contributed by atoms with Crippen LogP contribution < -0.4 is 5.73 Å². The zero-order chi connectivity index (χ0) is 12.3. The molecule has 0 aromatic heterocycles. The van der Waals surface area contributed by atoms with Crippen LogP contribution in [-0.2, 0) is 4.74 Å². The van der Waals surface area contributed by atoms with Gasteiger partial charge in [0.05, 0.1) is 6.61 Å². The van der Waals surface area contributed by atoms with Gasteiger partial charge < -0.3 is 10.5 Å². The molecular formula is C14H28N2O. The van der Waals surface area contributed by atoms with Crippen LogP contribution in [-0.4, -0.2) is 43.8 Å². The molecular weight excluding hydrogens is 212 g/mol. The molecule has 100 valence electrons. The van der Waals surface area contributed by atoms with Crippen LogP contribution in [0.15, 0.2) is 0 Å². The lowest BCUT2D eigenvalue weighted by molar-refractivity contribution is 0.00534. The van der Waals surface area contributed by atoms with Crippen molar-refractivity contribution in [2.24, 2.45) is 17.6 Å². The van der Waals surface area contributed by atoms with Gasteiger partial charge in [-0.15, -0.1) is 0 Å². The monoisotopic (exact) mass is 240 g/mol. The highest BCUT2D eigenvalue weighted by Crippen LogP contribution is 2.41. The van der Waals surface area contributed by atoms with Crippen LogP contribution in [0.5, 0.6) is 0 Å². The van der Waals surface area contributed by atoms with E-state index in [9.17, 15) is 0 Å². The Labute approximate surface area is 106 Å². The van der Waals surface area contributed by atoms with Crippen molar-refractivity contribution in [3.05, 3.63) is 0 Å². The Morgan fingerprint density at radius 2 is 2.18 bits per heavy atom. The summed E-state index contributed by atoms with van der Waals surface area (Å²) in [5.74, 6) is 1.47. The van der Waals surface area contributed by atoms with Crippen LogP contribution in [0.1, 0.15) is 39.0 Å². The molecule has 1 saturated heterocycles. The standard InChI is InChI=1S/C14H28N2O/c1-12-5-3-7-14(12,11-15)16-8-4-6-13(9-16)10-17-2/h12-13H,3-11,15H2,1-2H3. The summed E-state index contributed by atoms with van der Waals surface area (Å²) in [5.41, 5.74) is 6.43. The molecule has 1 aliphatic heterocycles. The highest BCUT2D eigenvalue weighted by atomic mass is 16.5. The summed E-state index contributed by atoms with van der Waals surface area (Å²) < 4.78 is 5.33. The van der Waals surface area contributed by atoms with Crippen LogP contribution in [0.3, 0.4) is 0 Å². The maximum Gasteiger partial charge on any atom is 0.0502 e. The van der Waals surface area contributed by atoms with Crippen molar-refractivity contribution < 1.29 is 4.74 Å². The zero-order valence-electron chi connectivity index (χ0n) is 11.5. The molecule has 0 aromatic carbocycles. The van der Waals surface area contributed by atoms with E-state index in [0.29, 0.717) is 11.5 Å². The van der Waals surface area contributed by atoms with E-state index in [4.69, 9.17) is 10.5 Å². The molecule has 3 heteroatoms. The molecule has 1 heterocycles. The van der Waals surface area contributed by atoms with Gasteiger partial charge >= 0.3 is 0 Å². The van der Waals surface area contributed by atoms with Gasteiger partial charge in [0.1, 0.15) is 0 Å². The first-order valence-corrected chi connectivity index (χ1v) is 7.17. The van der Waals surface area contributed by atoms with Gasteiger partial charge in [-0.2, -0.15) is 0 Å². The van der Waals surface area contributed by atoms with Gasteiger partial charge in [-0.1, -0.05) is 13.3 Å². The van der Waals surface area contributed by atoms with E-state index in [1.807, 2.05) is 7.11 Å². The van der Waals surface area contributed by atoms with E-state index in [2.05, 4.69) is 11.8 Å². The fraction of sp³-hybridized carbons (Fsp3) is 1.00. The maximum absolute atomic E-state index is 6.14. The fourth-order valence-electron chi connectivity index (χ4n) is 3.97. The summed E-state index contributed by atoms with van der Waals surface area (Å²) in [7, 11) is 1.82. The second kappa shape index (κ2) is 5.68. The van der Waals surface area contributed by atoms with Crippen LogP contribution in [0.25, 0.3) is 0 Å². The molecule has 3 atom stereocenters. The van der Waals surface area contributed by atoms with E-state index in [-0.39, 0.29) is 0 Å². The van der Waals surface area contributed by atoms with Gasteiger partial charge in [-0.25, -0.2) is 0 Å². The Balaban J connectivity index is 2.04. The molecule has 0 aromatic rings. The Hall–Kier alpha value is -0.120. The topological polar surface area (TPSA) is 38.5 Å². The predicted octanol–water partition coefficient (Wildman–Crippen LogP) is 1.86. The third-order valence-electron chi connectivity index (χ3n) is 5.07. The summed E-state index contributed by atoms with van der Waals surface area (Å²) in [6.45, 7) is 6.55. The SMILES string of the molecule is COCC1CCCN(C2(CN)CCCC2C)C1. The molecule has 2 fully saturated rings. The summed E-state index contributed by atoms with van der Waals surface area (Å²) in [6, 6.07) is 0. The number of hydrogen-bond acceptors (Lipinski definition) is 3. The maximum atomic E-state index is 6.14. The van der Waals surface area contributed by atoms with E-state index in [1.165, 1.54) is 45.2 Å². The third-order valence-corrected chi connectivity index (χ3v) is 5.07. The van der Waals surface area contributed by atoms with Crippen molar-refractivity contribution in [3.63, 3.8) is 0 Å². The Morgan fingerprint density at radius 1 is 1.35 bits per heavy atom. The molecule has 1 aliphatic carbocycles. The molecule has 0 amide bonds. The molecule has 0 bridgehead atoms. The van der Waals surface area contributed by atoms with Crippen LogP contribution in [0, 0.1) is 11.8 Å². The molecule has 3 unspecified atom stereocenters. The first kappa shape index (κ1) is 13.3. The van der Waals surface area contributed by atoms with Gasteiger partial charge in [0, 0.05) is 25.7 Å². The minimum absolute atomic E-state index is 0.298. The van der Waals surface area contributed by atoms with Gasteiger partial charge in [-0.05, 0) is 44.1 Å². The summed E-state index contributed by atoms with van der Waals surface area (Å²) in [4.78, 5) is 2.69. The van der Waals surface area contributed by atoms with Gasteiger partial charge in [0.25, 0.3) is 0 Å². The Kier molecular flexibility index (Phi) is 4.45. The number of nitrogens with two attached hydrogens (primary N) is 1. The smallest absolute Gasteiger partial charge is 0.0502 e. The number of hydrogen-bond donors (Lipinski definition) is 1. The number of likely N-dealkylation sites (tertiary alicyclic amines) is 1. The quantitative estimate of drug-likeness (QED) is 0.815. The highest BCUT2D eigenvalue weighted by Gasteiger charge is 2.45. The summed E-state index contributed by atoms with van der Waals surface area (Å²) in [6.07, 6.45) is 6.62. The first-order chi connectivity index (χ1) is 8.23. The number of piperidine rings is 1. The second-order valence-corrected chi connectivity index (χ2v) is 6.01. The minimum Gasteiger partial charge on any atom is -0.384 e. The van der Waals surface area contributed by atoms with E-state index < -0.39 is 0 Å². The first-order valence-electron chi connectivity index (χ1n) is 7.17. The van der Waals surface area contributed by atoms with Crippen LogP contribution in [0.4, 0.5) is 0 Å². The predicted molar refractivity (Wildman–Crippen MR) is 71.0 cm³/mol. The molecule has 17 heavy (non-hydrogen) atoms. The molecule has 2 rings (SSSR count). The molecule has 2 aliphatic rings. The van der Waals surface area contributed by atoms with Crippen LogP contribution in [0.2, 0.25) is 0 Å². The van der Waals surface area contributed by atoms with Crippen molar-refractivity contribution in [2.45, 2.75) is 44.6 Å². The van der Waals surface area contributed by atoms with Crippen molar-refractivity contribution in [1.29, 1.82) is 0 Å². The summed E-state index contributed by atoms with van der Waals surface area (Å²) >= 11 is 0. The lowest BCUT2D eigenvalue weighted by atomic mass is 9.83. The van der Waals surface area contributed by atoms with E-state index in [0.717, 1.165) is 19.1 Å². The molecule has 1 saturated carbocycles. The minimum atomic E-state index is 0.298. The van der Waals surface area contributed by atoms with Gasteiger partial charge in [0.15, 0.2) is 0 Å². The van der Waals surface area contributed by atoms with Crippen molar-refractivity contribution >= 4 is 0 Å². The lowest BCUT2D eigenvalue weighted by Gasteiger charge is -2.47. The van der Waals surface area contributed by atoms with Crippen molar-refractivity contribution in [2.75, 3.05) is 33.4 Å². The van der Waals surface area contributed by atoms with E-state index >= 15 is 0 Å². The van der Waals surface area contributed by atoms with Crippen LogP contribution >= 0.6 is 0 Å². The highest BCUT2D eigenvalue weighted by molar-refractivity contribution is 5.01. The average Bonchev–Trinajstić information content (AvgIpc) is 2.72. The molecule has 0 spiro atoms. The molecule has 0 radical (unpaired) electrons. The summed E-state index contributed by atoms with van der Waals surface area (Å²) in [5, 5.41) is 0. The number of nitrogens with zero attached hydrogens (tertiary/aromatic N) is 1. The number of ether oxygens (including phenoxy) is 1.